The molecule has 0 bridgehead atoms. The summed E-state index contributed by atoms with van der Waals surface area (Å²) in [5.74, 6) is -0.772. The van der Waals surface area contributed by atoms with Gasteiger partial charge in [-0.15, -0.1) is 0 Å². The molecule has 0 aromatic heterocycles. The van der Waals surface area contributed by atoms with Gasteiger partial charge in [0.2, 0.25) is 11.8 Å². The zero-order valence-corrected chi connectivity index (χ0v) is 14.5. The van der Waals surface area contributed by atoms with Crippen molar-refractivity contribution in [1.82, 2.24) is 20.9 Å². The van der Waals surface area contributed by atoms with Gasteiger partial charge in [-0.3, -0.25) is 19.7 Å². The fourth-order valence-electron chi connectivity index (χ4n) is 3.72. The first-order chi connectivity index (χ1) is 12.6. The highest BCUT2D eigenvalue weighted by Gasteiger charge is 2.39. The quantitative estimate of drug-likeness (QED) is 0.526. The van der Waals surface area contributed by atoms with Crippen molar-refractivity contribution in [1.29, 1.82) is 0 Å². The molecule has 0 radical (unpaired) electrons. The van der Waals surface area contributed by atoms with Crippen LogP contribution in [0.15, 0.2) is 30.4 Å². The second-order valence-corrected chi connectivity index (χ2v) is 6.97. The smallest absolute Gasteiger partial charge is 0.255 e. The van der Waals surface area contributed by atoms with Crippen molar-refractivity contribution < 1.29 is 14.4 Å². The van der Waals surface area contributed by atoms with Crippen molar-refractivity contribution in [2.24, 2.45) is 0 Å². The number of hydrogen-bond donors (Lipinski definition) is 3. The number of fused-ring (bicyclic) bond motifs is 1. The molecule has 26 heavy (non-hydrogen) atoms. The van der Waals surface area contributed by atoms with Crippen molar-refractivity contribution >= 4 is 17.7 Å². The van der Waals surface area contributed by atoms with Gasteiger partial charge in [-0.2, -0.15) is 0 Å². The van der Waals surface area contributed by atoms with Crippen molar-refractivity contribution in [3.63, 3.8) is 0 Å². The highest BCUT2D eigenvalue weighted by atomic mass is 16.2. The molecular formula is C19H22N4O3. The molecule has 1 aromatic carbocycles. The molecule has 0 spiro atoms. The molecule has 2 unspecified atom stereocenters. The molecular weight excluding hydrogens is 332 g/mol. The molecule has 2 atom stereocenters. The first-order valence-corrected chi connectivity index (χ1v) is 8.99. The fourth-order valence-corrected chi connectivity index (χ4v) is 3.72. The van der Waals surface area contributed by atoms with Gasteiger partial charge < -0.3 is 15.5 Å². The van der Waals surface area contributed by atoms with Crippen molar-refractivity contribution in [3.8, 4) is 0 Å². The summed E-state index contributed by atoms with van der Waals surface area (Å²) in [5, 5.41) is 9.08. The number of nitrogens with zero attached hydrogens (tertiary/aromatic N) is 1. The molecule has 3 aliphatic heterocycles. The van der Waals surface area contributed by atoms with Gasteiger partial charge in [0.05, 0.1) is 0 Å². The molecule has 7 nitrogen and oxygen atoms in total. The Balaban J connectivity index is 1.45. The number of carbonyl (C=O) groups excluding carboxylic acids is 3. The Hall–Kier alpha value is -2.51. The van der Waals surface area contributed by atoms with Crippen LogP contribution in [0.5, 0.6) is 0 Å². The van der Waals surface area contributed by atoms with E-state index in [1.165, 1.54) is 0 Å². The van der Waals surface area contributed by atoms with Crippen molar-refractivity contribution in [3.05, 3.63) is 47.0 Å². The van der Waals surface area contributed by atoms with Crippen LogP contribution < -0.4 is 16.0 Å². The van der Waals surface area contributed by atoms with E-state index in [-0.39, 0.29) is 30.2 Å². The minimum Gasteiger partial charge on any atom is -0.322 e. The minimum absolute atomic E-state index is 0.129. The summed E-state index contributed by atoms with van der Waals surface area (Å²) in [7, 11) is 0. The van der Waals surface area contributed by atoms with E-state index < -0.39 is 6.04 Å². The van der Waals surface area contributed by atoms with Crippen LogP contribution in [0.25, 0.3) is 0 Å². The number of nitrogens with one attached hydrogen (secondary N) is 3. The van der Waals surface area contributed by atoms with E-state index in [1.54, 1.807) is 4.90 Å². The Labute approximate surface area is 151 Å². The third-order valence-corrected chi connectivity index (χ3v) is 5.16. The van der Waals surface area contributed by atoms with Crippen molar-refractivity contribution in [2.45, 2.75) is 38.0 Å². The highest BCUT2D eigenvalue weighted by Crippen LogP contribution is 2.28. The topological polar surface area (TPSA) is 90.5 Å². The average molecular weight is 354 g/mol. The van der Waals surface area contributed by atoms with E-state index in [2.05, 4.69) is 28.1 Å². The van der Waals surface area contributed by atoms with E-state index in [1.807, 2.05) is 18.2 Å². The first kappa shape index (κ1) is 16.9. The van der Waals surface area contributed by atoms with Gasteiger partial charge in [-0.05, 0) is 23.6 Å². The Morgan fingerprint density at radius 3 is 2.88 bits per heavy atom. The molecule has 3 heterocycles. The zero-order valence-electron chi connectivity index (χ0n) is 14.5. The lowest BCUT2D eigenvalue weighted by atomic mass is 10.0. The Morgan fingerprint density at radius 2 is 2.12 bits per heavy atom. The molecule has 136 valence electrons. The largest absolute Gasteiger partial charge is 0.322 e. The molecule has 0 saturated carbocycles. The normalized spacial score (nSPS) is 25.4. The SMILES string of the molecule is O=C1CCC(N2Cc3ccc(CNC4C=CCNC4)cc3C2=O)C(=O)N1. The Morgan fingerprint density at radius 1 is 1.23 bits per heavy atom. The molecule has 1 saturated heterocycles. The van der Waals surface area contributed by atoms with E-state index in [4.69, 9.17) is 0 Å². The number of hydrogen-bond acceptors (Lipinski definition) is 5. The van der Waals surface area contributed by atoms with Crippen molar-refractivity contribution in [2.75, 3.05) is 13.1 Å². The summed E-state index contributed by atoms with van der Waals surface area (Å²) in [6.07, 6.45) is 4.92. The maximum atomic E-state index is 12.8. The summed E-state index contributed by atoms with van der Waals surface area (Å²) >= 11 is 0. The van der Waals surface area contributed by atoms with E-state index in [0.717, 1.165) is 24.2 Å². The molecule has 7 heteroatoms. The summed E-state index contributed by atoms with van der Waals surface area (Å²) in [6, 6.07) is 5.62. The lowest BCUT2D eigenvalue weighted by molar-refractivity contribution is -0.136. The van der Waals surface area contributed by atoms with Crippen LogP contribution in [0.1, 0.15) is 34.3 Å². The first-order valence-electron chi connectivity index (χ1n) is 8.99. The molecule has 3 N–H and O–H groups in total. The molecule has 3 amide bonds. The third kappa shape index (κ3) is 3.27. The van der Waals surface area contributed by atoms with Gasteiger partial charge in [-0.1, -0.05) is 24.3 Å². The number of benzene rings is 1. The Bertz CT molecular complexity index is 789. The van der Waals surface area contributed by atoms with Crippen LogP contribution in [0.3, 0.4) is 0 Å². The second-order valence-electron chi connectivity index (χ2n) is 6.97. The second kappa shape index (κ2) is 7.01. The minimum atomic E-state index is -0.562. The van der Waals surface area contributed by atoms with E-state index in [0.29, 0.717) is 25.1 Å². The maximum absolute atomic E-state index is 12.8. The molecule has 3 aliphatic rings. The van der Waals surface area contributed by atoms with Crippen LogP contribution in [-0.2, 0) is 22.7 Å². The standard InChI is InChI=1S/C19H22N4O3/c24-17-6-5-16(18(25)22-17)23-11-13-4-3-12(8-15(13)19(23)26)9-21-14-2-1-7-20-10-14/h1-4,8,14,16,20-21H,5-7,9-11H2,(H,22,24,25). The predicted octanol–water partition coefficient (Wildman–Crippen LogP) is 0.0652. The van der Waals surface area contributed by atoms with Crippen LogP contribution >= 0.6 is 0 Å². The predicted molar refractivity (Wildman–Crippen MR) is 95.1 cm³/mol. The van der Waals surface area contributed by atoms with Gasteiger partial charge in [0, 0.05) is 44.2 Å². The van der Waals surface area contributed by atoms with Gasteiger partial charge in [0.15, 0.2) is 0 Å². The highest BCUT2D eigenvalue weighted by molar-refractivity contribution is 6.05. The third-order valence-electron chi connectivity index (χ3n) is 5.16. The van der Waals surface area contributed by atoms with Crippen LogP contribution in [0.4, 0.5) is 0 Å². The van der Waals surface area contributed by atoms with Crippen LogP contribution in [0, 0.1) is 0 Å². The number of rotatable bonds is 4. The van der Waals surface area contributed by atoms with Crippen LogP contribution in [0.2, 0.25) is 0 Å². The average Bonchev–Trinajstić information content (AvgIpc) is 2.97. The summed E-state index contributed by atoms with van der Waals surface area (Å²) in [4.78, 5) is 37.8. The van der Waals surface area contributed by atoms with Gasteiger partial charge in [0.25, 0.3) is 5.91 Å². The van der Waals surface area contributed by atoms with Crippen LogP contribution in [-0.4, -0.2) is 47.8 Å². The summed E-state index contributed by atoms with van der Waals surface area (Å²) in [5.41, 5.74) is 2.63. The number of amides is 3. The summed E-state index contributed by atoms with van der Waals surface area (Å²) < 4.78 is 0. The molecule has 1 fully saturated rings. The zero-order chi connectivity index (χ0) is 18.1. The molecule has 1 aromatic rings. The number of imide groups is 1. The monoisotopic (exact) mass is 354 g/mol. The molecule has 0 aliphatic carbocycles. The summed E-state index contributed by atoms with van der Waals surface area (Å²) in [6.45, 7) is 2.89. The fraction of sp³-hybridized carbons (Fsp3) is 0.421. The lowest BCUT2D eigenvalue weighted by Gasteiger charge is -2.29. The van der Waals surface area contributed by atoms with E-state index in [9.17, 15) is 14.4 Å². The number of carbonyl (C=O) groups is 3. The van der Waals surface area contributed by atoms with E-state index >= 15 is 0 Å². The maximum Gasteiger partial charge on any atom is 0.255 e. The van der Waals surface area contributed by atoms with Gasteiger partial charge in [0.1, 0.15) is 6.04 Å². The Kier molecular flexibility index (Phi) is 4.57. The molecule has 4 rings (SSSR count). The lowest BCUT2D eigenvalue weighted by Crippen LogP contribution is -2.52. The van der Waals surface area contributed by atoms with Gasteiger partial charge >= 0.3 is 0 Å². The number of piperidine rings is 1. The van der Waals surface area contributed by atoms with Gasteiger partial charge in [-0.25, -0.2) is 0 Å².